The second kappa shape index (κ2) is 24.4. The van der Waals surface area contributed by atoms with E-state index in [2.05, 4.69) is 67.0 Å². The number of pyridine rings is 2. The Kier molecular flexibility index (Phi) is 17.8. The van der Waals surface area contributed by atoms with Gasteiger partial charge in [0.05, 0.1) is 67.1 Å². The van der Waals surface area contributed by atoms with Gasteiger partial charge in [-0.2, -0.15) is 13.2 Å². The lowest BCUT2D eigenvalue weighted by Gasteiger charge is -2.45. The molecule has 2 aliphatic heterocycles. The van der Waals surface area contributed by atoms with Gasteiger partial charge in [-0.3, -0.25) is 33.9 Å². The number of likely N-dealkylation sites (tertiary alicyclic amines) is 2. The normalized spacial score (nSPS) is 24.4. The third-order valence-corrected chi connectivity index (χ3v) is 15.4. The average molecular weight is 1030 g/mol. The molecule has 2 aliphatic carbocycles. The molecule has 5 heterocycles. The summed E-state index contributed by atoms with van der Waals surface area (Å²) in [7, 11) is 3.79. The van der Waals surface area contributed by atoms with E-state index in [1.54, 1.807) is 42.7 Å². The third-order valence-electron chi connectivity index (χ3n) is 15.4. The van der Waals surface area contributed by atoms with Crippen molar-refractivity contribution in [1.82, 2.24) is 50.6 Å². The summed E-state index contributed by atoms with van der Waals surface area (Å²) in [6, 6.07) is 9.47. The number of halogens is 3. The topological polar surface area (TPSA) is 213 Å². The summed E-state index contributed by atoms with van der Waals surface area (Å²) in [4.78, 5) is 89.3. The lowest BCUT2D eigenvalue weighted by atomic mass is 9.79. The second-order valence-electron chi connectivity index (χ2n) is 20.2. The van der Waals surface area contributed by atoms with Gasteiger partial charge in [-0.15, -0.1) is 0 Å². The number of ether oxygens (including phenoxy) is 2. The number of carbonyl (C=O) groups is 5. The lowest BCUT2D eigenvalue weighted by Crippen LogP contribution is -2.59. The maximum atomic E-state index is 14.1. The van der Waals surface area contributed by atoms with E-state index in [9.17, 15) is 37.1 Å². The van der Waals surface area contributed by atoms with Gasteiger partial charge in [0.15, 0.2) is 0 Å². The number of carbonyl (C=O) groups excluding carboxylic acids is 5. The van der Waals surface area contributed by atoms with E-state index in [0.717, 1.165) is 42.7 Å². The van der Waals surface area contributed by atoms with Crippen LogP contribution in [-0.2, 0) is 34.8 Å². The molecule has 21 heteroatoms. The van der Waals surface area contributed by atoms with E-state index < -0.39 is 23.7 Å². The summed E-state index contributed by atoms with van der Waals surface area (Å²) >= 11 is 0. The predicted molar refractivity (Wildman–Crippen MR) is 268 cm³/mol. The number of alkyl halides is 3. The van der Waals surface area contributed by atoms with Crippen LogP contribution in [0.4, 0.5) is 19.0 Å². The van der Waals surface area contributed by atoms with E-state index in [4.69, 9.17) is 9.47 Å². The maximum Gasteiger partial charge on any atom is 0.416 e. The van der Waals surface area contributed by atoms with Crippen LogP contribution in [0, 0.1) is 11.8 Å². The summed E-state index contributed by atoms with van der Waals surface area (Å²) < 4.78 is 52.1. The Morgan fingerprint density at radius 2 is 1.62 bits per heavy atom. The van der Waals surface area contributed by atoms with E-state index in [1.165, 1.54) is 12.4 Å². The minimum absolute atomic E-state index is 0.0261. The van der Waals surface area contributed by atoms with Crippen molar-refractivity contribution in [3.8, 4) is 0 Å². The van der Waals surface area contributed by atoms with E-state index >= 15 is 0 Å². The van der Waals surface area contributed by atoms with Crippen LogP contribution in [0.2, 0.25) is 0 Å². The number of hydrogen-bond acceptors (Lipinski definition) is 13. The largest absolute Gasteiger partial charge is 0.416 e. The maximum absolute atomic E-state index is 14.1. The Morgan fingerprint density at radius 3 is 2.31 bits per heavy atom. The summed E-state index contributed by atoms with van der Waals surface area (Å²) in [6.07, 6.45) is 7.26. The van der Waals surface area contributed by atoms with Gasteiger partial charge in [-0.05, 0) is 114 Å². The molecular formula is C53H68F3N11O7. The first kappa shape index (κ1) is 54.0. The number of rotatable bonds is 20. The highest BCUT2D eigenvalue weighted by Gasteiger charge is 2.45. The molecule has 0 unspecified atom stereocenters. The number of fused-ring (bicyclic) bond motifs is 1. The molecule has 18 nitrogen and oxygen atoms in total. The van der Waals surface area contributed by atoms with E-state index in [1.807, 2.05) is 17.0 Å². The van der Waals surface area contributed by atoms with Gasteiger partial charge in [0.1, 0.15) is 18.2 Å². The molecule has 2 saturated heterocycles. The van der Waals surface area contributed by atoms with Crippen molar-refractivity contribution in [3.63, 3.8) is 0 Å². The highest BCUT2D eigenvalue weighted by Crippen LogP contribution is 2.39. The number of nitrogens with one attached hydrogen (secondary N) is 4. The molecule has 4 fully saturated rings. The first-order chi connectivity index (χ1) is 35.6. The van der Waals surface area contributed by atoms with E-state index in [0.29, 0.717) is 62.9 Å². The predicted octanol–water partition coefficient (Wildman–Crippen LogP) is 5.27. The highest BCUT2D eigenvalue weighted by molar-refractivity contribution is 5.94. The minimum Gasteiger partial charge on any atom is -0.377 e. The monoisotopic (exact) mass is 1030 g/mol. The van der Waals surface area contributed by atoms with Crippen LogP contribution >= 0.6 is 0 Å². The quantitative estimate of drug-likeness (QED) is 0.0833. The highest BCUT2D eigenvalue weighted by atomic mass is 19.4. The number of aromatic nitrogens is 4. The van der Waals surface area contributed by atoms with Crippen LogP contribution in [-0.4, -0.2) is 155 Å². The Balaban J connectivity index is 0.747. The molecule has 5 amide bonds. The number of benzene rings is 1. The number of anilines is 1. The smallest absolute Gasteiger partial charge is 0.377 e. The van der Waals surface area contributed by atoms with Crippen molar-refractivity contribution in [3.05, 3.63) is 89.8 Å². The molecule has 0 radical (unpaired) electrons. The lowest BCUT2D eigenvalue weighted by molar-refractivity contribution is -0.137. The van der Waals surface area contributed by atoms with Crippen LogP contribution in [0.5, 0.6) is 0 Å². The summed E-state index contributed by atoms with van der Waals surface area (Å²) in [6.45, 7) is 6.45. The SMILES string of the molecule is CC(C)N(C)[C@@H]1CC[C@H](N2CC[C@H](Nc3ncnc4ccc(C(F)(F)F)cc34)C2=O)[C@H](NC(=O)C2CCC(c3ccc(C(=O)NCCOCCOCCNC(=O)[C@H]4CC(=O)N(C)[C@@H]4c4cccnc4)cn3)CC2)C1. The molecule has 74 heavy (non-hydrogen) atoms. The zero-order valence-electron chi connectivity index (χ0n) is 42.5. The second-order valence-corrected chi connectivity index (χ2v) is 20.2. The molecule has 4 N–H and O–H groups in total. The molecule has 6 atom stereocenters. The van der Waals surface area contributed by atoms with E-state index in [-0.39, 0.29) is 116 Å². The van der Waals surface area contributed by atoms with Crippen LogP contribution in [0.25, 0.3) is 10.9 Å². The van der Waals surface area contributed by atoms with Gasteiger partial charge in [0.25, 0.3) is 5.91 Å². The molecule has 1 aromatic carbocycles. The van der Waals surface area contributed by atoms with Crippen molar-refractivity contribution >= 4 is 46.3 Å². The number of hydrogen-bond donors (Lipinski definition) is 4. The molecule has 4 aliphatic rings. The molecule has 2 saturated carbocycles. The summed E-state index contributed by atoms with van der Waals surface area (Å²) in [5, 5.41) is 12.4. The van der Waals surface area contributed by atoms with Crippen LogP contribution in [0.3, 0.4) is 0 Å². The molecule has 3 aromatic heterocycles. The zero-order chi connectivity index (χ0) is 52.5. The average Bonchev–Trinajstić information content (AvgIpc) is 3.92. The van der Waals surface area contributed by atoms with Crippen LogP contribution < -0.4 is 21.3 Å². The standard InChI is InChI=1S/C53H68F3N11O7/c1-32(2)65(3)38-13-16-45(67-21-17-43(52(67)72)63-48-39-26-37(53(54,55)56)12-15-42(39)61-31-62-48)44(27-38)64-50(70)34-9-7-33(8-10-34)41-14-11-36(30-60-41)49(69)58-19-22-73-24-25-74-23-20-59-51(71)40-28-46(68)66(4)47(40)35-6-5-18-57-29-35/h5-6,11-12,14-15,18,26,29-34,38,40,43-45,47H,7-10,13,16-17,19-25,27-28H2,1-4H3,(H,58,69)(H,59,71)(H,64,70)(H,61,62,63)/t33?,34?,38-,40+,43+,44-,45+,47-/m1/s1. The fourth-order valence-corrected chi connectivity index (χ4v) is 11.0. The molecule has 8 rings (SSSR count). The van der Waals surface area contributed by atoms with Crippen molar-refractivity contribution in [2.24, 2.45) is 11.8 Å². The zero-order valence-corrected chi connectivity index (χ0v) is 42.5. The number of nitrogens with zero attached hydrogens (tertiary/aromatic N) is 7. The Morgan fingerprint density at radius 1 is 0.865 bits per heavy atom. The van der Waals surface area contributed by atoms with Gasteiger partial charge in [0, 0.05) is 86.7 Å². The molecule has 398 valence electrons. The fourth-order valence-electron chi connectivity index (χ4n) is 11.0. The van der Waals surface area contributed by atoms with Crippen LogP contribution in [0.1, 0.15) is 111 Å². The summed E-state index contributed by atoms with van der Waals surface area (Å²) in [5.41, 5.74) is 1.62. The Hall–Kier alpha value is -6.32. The van der Waals surface area contributed by atoms with Crippen molar-refractivity contribution < 1.29 is 46.6 Å². The van der Waals surface area contributed by atoms with Gasteiger partial charge >= 0.3 is 6.18 Å². The van der Waals surface area contributed by atoms with Crippen molar-refractivity contribution in [1.29, 1.82) is 0 Å². The van der Waals surface area contributed by atoms with Gasteiger partial charge in [-0.1, -0.05) is 6.07 Å². The fraction of sp³-hybridized carbons (Fsp3) is 0.566. The minimum atomic E-state index is -4.55. The third kappa shape index (κ3) is 12.9. The first-order valence-corrected chi connectivity index (χ1v) is 25.8. The Bertz CT molecular complexity index is 2590. The molecule has 0 spiro atoms. The summed E-state index contributed by atoms with van der Waals surface area (Å²) in [5.74, 6) is -1.18. The number of amides is 5. The van der Waals surface area contributed by atoms with Crippen molar-refractivity contribution in [2.45, 2.75) is 120 Å². The first-order valence-electron chi connectivity index (χ1n) is 25.8. The van der Waals surface area contributed by atoms with Crippen molar-refractivity contribution in [2.75, 3.05) is 65.5 Å². The Labute approximate surface area is 429 Å². The van der Waals surface area contributed by atoms with Gasteiger partial charge in [-0.25, -0.2) is 9.97 Å². The van der Waals surface area contributed by atoms with Crippen LogP contribution in [0.15, 0.2) is 67.4 Å². The molecule has 0 bridgehead atoms. The van der Waals surface area contributed by atoms with Gasteiger partial charge < -0.3 is 45.4 Å². The molecule has 4 aromatic rings. The molecular weight excluding hydrogens is 960 g/mol. The van der Waals surface area contributed by atoms with Gasteiger partial charge in [0.2, 0.25) is 23.6 Å².